The topological polar surface area (TPSA) is 111 Å². The number of hydrogen-bond donors (Lipinski definition) is 1. The molecule has 2 atom stereocenters. The molecule has 4 aromatic rings. The van der Waals surface area contributed by atoms with Crippen LogP contribution in [0.15, 0.2) is 72.8 Å². The lowest BCUT2D eigenvalue weighted by molar-refractivity contribution is -0.145. The van der Waals surface area contributed by atoms with Crippen LogP contribution in [0.1, 0.15) is 25.0 Å². The summed E-state index contributed by atoms with van der Waals surface area (Å²) in [6, 6.07) is 21.5. The van der Waals surface area contributed by atoms with E-state index in [1.54, 1.807) is 32.7 Å². The van der Waals surface area contributed by atoms with Gasteiger partial charge < -0.3 is 9.47 Å². The molecule has 1 amide bonds. The van der Waals surface area contributed by atoms with Crippen molar-refractivity contribution >= 4 is 29.4 Å². The highest BCUT2D eigenvalue weighted by Crippen LogP contribution is 2.24. The highest BCUT2D eigenvalue weighted by Gasteiger charge is 2.30. The number of tetrazole rings is 1. The van der Waals surface area contributed by atoms with Crippen molar-refractivity contribution in [2.75, 3.05) is 25.7 Å². The minimum Gasteiger partial charge on any atom is -0.497 e. The Kier molecular flexibility index (Phi) is 10.0. The largest absolute Gasteiger partial charge is 0.497 e. The van der Waals surface area contributed by atoms with E-state index in [0.29, 0.717) is 18.0 Å². The molecule has 41 heavy (non-hydrogen) atoms. The highest BCUT2D eigenvalue weighted by molar-refractivity contribution is 6.30. The van der Waals surface area contributed by atoms with E-state index in [0.717, 1.165) is 28.0 Å². The predicted octanol–water partition coefficient (Wildman–Crippen LogP) is 4.17. The Bertz CT molecular complexity index is 1460. The molecule has 0 aliphatic carbocycles. The fourth-order valence-electron chi connectivity index (χ4n) is 4.37. The van der Waals surface area contributed by atoms with Crippen molar-refractivity contribution < 1.29 is 19.1 Å². The third-order valence-corrected chi connectivity index (χ3v) is 6.81. The molecule has 0 unspecified atom stereocenters. The molecule has 11 heteroatoms. The van der Waals surface area contributed by atoms with E-state index in [1.165, 1.54) is 4.90 Å². The molecule has 0 saturated carbocycles. The first-order valence-electron chi connectivity index (χ1n) is 13.2. The van der Waals surface area contributed by atoms with Crippen molar-refractivity contribution in [2.45, 2.75) is 38.9 Å². The zero-order valence-electron chi connectivity index (χ0n) is 23.5. The molecule has 1 heterocycles. The van der Waals surface area contributed by atoms with Gasteiger partial charge in [-0.15, -0.1) is 0 Å². The molecule has 0 spiro atoms. The highest BCUT2D eigenvalue weighted by atomic mass is 35.5. The molecular weight excluding hydrogens is 544 g/mol. The molecule has 1 aromatic heterocycles. The van der Waals surface area contributed by atoms with Gasteiger partial charge in [0.05, 0.1) is 26.3 Å². The van der Waals surface area contributed by atoms with Crippen molar-refractivity contribution in [2.24, 2.45) is 0 Å². The van der Waals surface area contributed by atoms with Crippen molar-refractivity contribution in [3.8, 4) is 16.9 Å². The van der Waals surface area contributed by atoms with Gasteiger partial charge in [0, 0.05) is 12.1 Å². The quantitative estimate of drug-likeness (QED) is 0.250. The summed E-state index contributed by atoms with van der Waals surface area (Å²) in [5.41, 5.74) is 3.84. The number of likely N-dealkylation sites (N-methyl/N-ethyl adjacent to an activating group) is 1. The maximum absolute atomic E-state index is 13.8. The molecule has 0 bridgehead atoms. The molecule has 4 rings (SSSR count). The number of methoxy groups -OCH3 is 1. The average Bonchev–Trinajstić information content (AvgIpc) is 3.45. The molecule has 0 saturated heterocycles. The minimum atomic E-state index is -0.762. The second kappa shape index (κ2) is 13.9. The molecule has 214 valence electrons. The lowest BCUT2D eigenvalue weighted by Gasteiger charge is -2.26. The van der Waals surface area contributed by atoms with Gasteiger partial charge in [-0.2, -0.15) is 0 Å². The zero-order valence-corrected chi connectivity index (χ0v) is 24.2. The SMILES string of the molecule is CCOC(=O)[C@H](C)N[C@@H](Cc1ccc(-c2cccc(Cl)c2)cc1)C(=O)N(C)c1nnnn1Cc1ccc(OC)cc1. The summed E-state index contributed by atoms with van der Waals surface area (Å²) in [5, 5.41) is 15.8. The number of nitrogens with zero attached hydrogens (tertiary/aromatic N) is 5. The van der Waals surface area contributed by atoms with E-state index in [1.807, 2.05) is 72.8 Å². The maximum Gasteiger partial charge on any atom is 0.322 e. The summed E-state index contributed by atoms with van der Waals surface area (Å²) in [6.07, 6.45) is 0.322. The predicted molar refractivity (Wildman–Crippen MR) is 157 cm³/mol. The first kappa shape index (κ1) is 29.7. The normalized spacial score (nSPS) is 12.4. The first-order valence-corrected chi connectivity index (χ1v) is 13.6. The van der Waals surface area contributed by atoms with E-state index in [9.17, 15) is 9.59 Å². The van der Waals surface area contributed by atoms with Crippen LogP contribution in [-0.2, 0) is 27.3 Å². The number of esters is 1. The van der Waals surface area contributed by atoms with Gasteiger partial charge in [0.25, 0.3) is 5.95 Å². The zero-order chi connectivity index (χ0) is 29.4. The standard InChI is InChI=1S/C30H33ClN6O4/c1-5-41-29(39)20(2)32-27(17-21-9-13-23(14-10-21)24-7-6-8-25(31)18-24)28(38)36(3)30-33-34-35-37(30)19-22-11-15-26(40-4)16-12-22/h6-16,18,20,27,32H,5,17,19H2,1-4H3/t20-,27-/m0/s1. The molecule has 0 aliphatic heterocycles. The van der Waals surface area contributed by atoms with Crippen molar-refractivity contribution in [3.05, 3.63) is 88.9 Å². The van der Waals surface area contributed by atoms with Crippen molar-refractivity contribution in [1.29, 1.82) is 0 Å². The molecule has 0 radical (unpaired) electrons. The second-order valence-corrected chi connectivity index (χ2v) is 9.92. The molecule has 0 aliphatic rings. The van der Waals surface area contributed by atoms with E-state index < -0.39 is 18.1 Å². The Morgan fingerprint density at radius 1 is 1.02 bits per heavy atom. The number of carbonyl (C=O) groups excluding carboxylic acids is 2. The summed E-state index contributed by atoms with van der Waals surface area (Å²) >= 11 is 6.16. The van der Waals surface area contributed by atoms with Crippen molar-refractivity contribution in [3.63, 3.8) is 0 Å². The van der Waals surface area contributed by atoms with E-state index >= 15 is 0 Å². The van der Waals surface area contributed by atoms with Gasteiger partial charge in [-0.25, -0.2) is 4.68 Å². The Labute approximate surface area is 244 Å². The fourth-order valence-corrected chi connectivity index (χ4v) is 4.56. The summed E-state index contributed by atoms with van der Waals surface area (Å²) in [5.74, 6) is 0.278. The lowest BCUT2D eigenvalue weighted by Crippen LogP contribution is -2.52. The number of hydrogen-bond acceptors (Lipinski definition) is 8. The van der Waals surface area contributed by atoms with Crippen LogP contribution in [0.3, 0.4) is 0 Å². The van der Waals surface area contributed by atoms with Gasteiger partial charge in [0.15, 0.2) is 0 Å². The minimum absolute atomic E-state index is 0.245. The molecule has 10 nitrogen and oxygen atoms in total. The average molecular weight is 577 g/mol. The van der Waals surface area contributed by atoms with Gasteiger partial charge in [0.2, 0.25) is 5.91 Å². The number of halogens is 1. The Morgan fingerprint density at radius 3 is 2.39 bits per heavy atom. The Hall–Kier alpha value is -4.28. The fraction of sp³-hybridized carbons (Fsp3) is 0.300. The van der Waals surface area contributed by atoms with Gasteiger partial charge in [-0.1, -0.05) is 65.2 Å². The van der Waals surface area contributed by atoms with Crippen LogP contribution in [0.4, 0.5) is 5.95 Å². The van der Waals surface area contributed by atoms with Gasteiger partial charge in [-0.05, 0) is 77.2 Å². The Morgan fingerprint density at radius 2 is 1.73 bits per heavy atom. The van der Waals surface area contributed by atoms with Gasteiger partial charge in [0.1, 0.15) is 11.8 Å². The third kappa shape index (κ3) is 7.68. The second-order valence-electron chi connectivity index (χ2n) is 9.49. The summed E-state index contributed by atoms with van der Waals surface area (Å²) < 4.78 is 11.9. The van der Waals surface area contributed by atoms with E-state index in [4.69, 9.17) is 21.1 Å². The smallest absolute Gasteiger partial charge is 0.322 e. The van der Waals surface area contributed by atoms with Crippen LogP contribution in [0, 0.1) is 0 Å². The number of benzene rings is 3. The monoisotopic (exact) mass is 576 g/mol. The Balaban J connectivity index is 1.55. The number of aromatic nitrogens is 4. The first-order chi connectivity index (χ1) is 19.8. The van der Waals surface area contributed by atoms with Crippen molar-refractivity contribution in [1.82, 2.24) is 25.5 Å². The lowest BCUT2D eigenvalue weighted by atomic mass is 9.99. The summed E-state index contributed by atoms with van der Waals surface area (Å²) in [4.78, 5) is 27.7. The number of anilines is 1. The maximum atomic E-state index is 13.8. The summed E-state index contributed by atoms with van der Waals surface area (Å²) in [6.45, 7) is 4.01. The number of ether oxygens (including phenoxy) is 2. The van der Waals surface area contributed by atoms with Crippen LogP contribution in [0.25, 0.3) is 11.1 Å². The number of rotatable bonds is 12. The van der Waals surface area contributed by atoms with E-state index in [2.05, 4.69) is 20.8 Å². The number of carbonyl (C=O) groups is 2. The van der Waals surface area contributed by atoms with Gasteiger partial charge >= 0.3 is 5.97 Å². The van der Waals surface area contributed by atoms with Crippen LogP contribution in [0.2, 0.25) is 5.02 Å². The van der Waals surface area contributed by atoms with Crippen LogP contribution >= 0.6 is 11.6 Å². The molecule has 3 aromatic carbocycles. The molecule has 0 fully saturated rings. The van der Waals surface area contributed by atoms with Crippen LogP contribution in [0.5, 0.6) is 5.75 Å². The van der Waals surface area contributed by atoms with Gasteiger partial charge in [-0.3, -0.25) is 19.8 Å². The molecular formula is C30H33ClN6O4. The number of amides is 1. The number of nitrogens with one attached hydrogen (secondary N) is 1. The molecule has 1 N–H and O–H groups in total. The van der Waals surface area contributed by atoms with Crippen LogP contribution < -0.4 is 15.0 Å². The van der Waals surface area contributed by atoms with Crippen LogP contribution in [-0.4, -0.2) is 64.9 Å². The third-order valence-electron chi connectivity index (χ3n) is 6.58. The summed E-state index contributed by atoms with van der Waals surface area (Å²) in [7, 11) is 3.22. The van der Waals surface area contributed by atoms with E-state index in [-0.39, 0.29) is 18.5 Å².